The van der Waals surface area contributed by atoms with E-state index in [-0.39, 0.29) is 27.8 Å². The lowest BCUT2D eigenvalue weighted by atomic mass is 9.41. The second kappa shape index (κ2) is 9.04. The van der Waals surface area contributed by atoms with Gasteiger partial charge in [0.05, 0.1) is 6.10 Å². The van der Waals surface area contributed by atoms with Crippen molar-refractivity contribution in [3.8, 4) is 0 Å². The maximum atomic E-state index is 13.5. The number of hydrogen-bond acceptors (Lipinski definition) is 3. The van der Waals surface area contributed by atoms with Gasteiger partial charge in [-0.2, -0.15) is 0 Å². The number of carbonyl (C=O) groups is 2. The van der Waals surface area contributed by atoms with Gasteiger partial charge in [0, 0.05) is 18.3 Å². The smallest absolute Gasteiger partial charge is 0.155 e. The van der Waals surface area contributed by atoms with E-state index in [0.717, 1.165) is 32.1 Å². The molecule has 0 saturated heterocycles. The quantitative estimate of drug-likeness (QED) is 0.351. The molecule has 0 radical (unpaired) electrons. The molecule has 7 fully saturated rings. The van der Waals surface area contributed by atoms with Gasteiger partial charge in [-0.15, -0.1) is 0 Å². The Hall–Kier alpha value is -0.960. The van der Waals surface area contributed by atoms with Crippen LogP contribution in [0.15, 0.2) is 11.6 Å². The van der Waals surface area contributed by atoms with E-state index in [1.165, 1.54) is 70.6 Å². The highest BCUT2D eigenvalue weighted by molar-refractivity contribution is 5.92. The second-order valence-electron chi connectivity index (χ2n) is 17.8. The Kier molecular flexibility index (Phi) is 6.08. The third-order valence-corrected chi connectivity index (χ3v) is 17.1. The predicted molar refractivity (Wildman–Crippen MR) is 162 cm³/mol. The zero-order valence-corrected chi connectivity index (χ0v) is 26.4. The van der Waals surface area contributed by atoms with Crippen LogP contribution >= 0.6 is 0 Å². The lowest BCUT2D eigenvalue weighted by Crippen LogP contribution is -2.57. The Morgan fingerprint density at radius 1 is 0.659 bits per heavy atom. The van der Waals surface area contributed by atoms with Crippen LogP contribution < -0.4 is 0 Å². The number of allylic oxidation sites excluding steroid dienone is 2. The number of aliphatic hydroxyl groups excluding tert-OH is 1. The van der Waals surface area contributed by atoms with Crippen LogP contribution in [-0.2, 0) is 9.59 Å². The first-order chi connectivity index (χ1) is 19.5. The van der Waals surface area contributed by atoms with Gasteiger partial charge in [0.15, 0.2) is 5.78 Å². The van der Waals surface area contributed by atoms with Crippen molar-refractivity contribution in [2.45, 2.75) is 137 Å². The molecular formula is C38H56O3. The minimum absolute atomic E-state index is 0.0745. The summed E-state index contributed by atoms with van der Waals surface area (Å²) in [5, 5.41) is 11.0. The number of carbonyl (C=O) groups excluding carboxylic acids is 2. The molecule has 3 heteroatoms. The van der Waals surface area contributed by atoms with E-state index < -0.39 is 0 Å². The van der Waals surface area contributed by atoms with Crippen molar-refractivity contribution in [1.29, 1.82) is 0 Å². The highest BCUT2D eigenvalue weighted by Crippen LogP contribution is 2.72. The molecule has 0 aromatic carbocycles. The summed E-state index contributed by atoms with van der Waals surface area (Å²) >= 11 is 0. The van der Waals surface area contributed by atoms with Gasteiger partial charge in [0.25, 0.3) is 0 Å². The van der Waals surface area contributed by atoms with E-state index in [4.69, 9.17) is 0 Å². The summed E-state index contributed by atoms with van der Waals surface area (Å²) in [6, 6.07) is 0. The summed E-state index contributed by atoms with van der Waals surface area (Å²) in [4.78, 5) is 27.0. The minimum atomic E-state index is -0.125. The summed E-state index contributed by atoms with van der Waals surface area (Å²) in [7, 11) is 0. The summed E-state index contributed by atoms with van der Waals surface area (Å²) in [6.45, 7) is 10.0. The van der Waals surface area contributed by atoms with Crippen molar-refractivity contribution in [3.05, 3.63) is 11.6 Å². The highest BCUT2D eigenvalue weighted by Gasteiger charge is 2.66. The summed E-state index contributed by atoms with van der Waals surface area (Å²) < 4.78 is 0. The number of hydrogen-bond donors (Lipinski definition) is 1. The fraction of sp³-hybridized carbons (Fsp3) is 0.895. The van der Waals surface area contributed by atoms with E-state index >= 15 is 0 Å². The van der Waals surface area contributed by atoms with Crippen molar-refractivity contribution < 1.29 is 14.7 Å². The third kappa shape index (κ3) is 3.43. The molecule has 8 aliphatic carbocycles. The van der Waals surface area contributed by atoms with Gasteiger partial charge < -0.3 is 5.11 Å². The lowest BCUT2D eigenvalue weighted by molar-refractivity contribution is -0.156. The average Bonchev–Trinajstić information content (AvgIpc) is 3.45. The van der Waals surface area contributed by atoms with Gasteiger partial charge in [-0.3, -0.25) is 9.59 Å². The molecule has 1 N–H and O–H groups in total. The zero-order valence-electron chi connectivity index (χ0n) is 26.4. The fourth-order valence-electron chi connectivity index (χ4n) is 14.9. The van der Waals surface area contributed by atoms with Gasteiger partial charge in [0.1, 0.15) is 5.78 Å². The molecule has 14 atom stereocenters. The van der Waals surface area contributed by atoms with Crippen LogP contribution in [0.4, 0.5) is 0 Å². The first kappa shape index (κ1) is 27.6. The van der Waals surface area contributed by atoms with E-state index in [1.54, 1.807) is 5.57 Å². The van der Waals surface area contributed by atoms with Gasteiger partial charge in [-0.25, -0.2) is 0 Å². The number of fused-ring (bicyclic) bond motifs is 10. The molecule has 8 aliphatic rings. The van der Waals surface area contributed by atoms with Gasteiger partial charge in [-0.1, -0.05) is 33.3 Å². The van der Waals surface area contributed by atoms with Crippen molar-refractivity contribution in [2.75, 3.05) is 0 Å². The Labute approximate surface area is 249 Å². The third-order valence-electron chi connectivity index (χ3n) is 17.1. The molecule has 0 aromatic rings. The maximum Gasteiger partial charge on any atom is 0.155 e. The van der Waals surface area contributed by atoms with Crippen LogP contribution in [0.5, 0.6) is 0 Å². The Balaban J connectivity index is 1.13. The SMILES string of the molecule is C[C@]12C(C3CC[C@H]4[C@@H]5CCC6CCCC(=O)[C@]6(C)[C@@H]5CC[C@]34C)=CC(=O)CC1CC[C@@H]1[C@H]2CC[C@]2(C)C(O)CC[C@@H]12. The number of aliphatic hydroxyl groups is 1. The predicted octanol–water partition coefficient (Wildman–Crippen LogP) is 8.33. The van der Waals surface area contributed by atoms with E-state index in [2.05, 4.69) is 33.8 Å². The van der Waals surface area contributed by atoms with Crippen LogP contribution in [-0.4, -0.2) is 22.8 Å². The van der Waals surface area contributed by atoms with Crippen molar-refractivity contribution in [2.24, 2.45) is 74.9 Å². The van der Waals surface area contributed by atoms with E-state index in [0.29, 0.717) is 64.8 Å². The van der Waals surface area contributed by atoms with Crippen LogP contribution in [0.3, 0.4) is 0 Å². The van der Waals surface area contributed by atoms with E-state index in [1.807, 2.05) is 0 Å². The number of Topliss-reactive ketones (excluding diaryl/α,β-unsaturated/α-hetero) is 1. The zero-order chi connectivity index (χ0) is 28.5. The van der Waals surface area contributed by atoms with Crippen molar-refractivity contribution in [3.63, 3.8) is 0 Å². The molecule has 0 bridgehead atoms. The molecule has 0 spiro atoms. The first-order valence-electron chi connectivity index (χ1n) is 18.0. The Morgan fingerprint density at radius 2 is 1.29 bits per heavy atom. The molecule has 226 valence electrons. The molecule has 0 aliphatic heterocycles. The van der Waals surface area contributed by atoms with Crippen LogP contribution in [0, 0.1) is 74.9 Å². The molecular weight excluding hydrogens is 504 g/mol. The largest absolute Gasteiger partial charge is 0.393 e. The molecule has 41 heavy (non-hydrogen) atoms. The lowest BCUT2D eigenvalue weighted by Gasteiger charge is -2.63. The summed E-state index contributed by atoms with van der Waals surface area (Å²) in [6.07, 6.45) is 20.7. The first-order valence-corrected chi connectivity index (χ1v) is 18.0. The molecule has 3 nitrogen and oxygen atoms in total. The fourth-order valence-corrected chi connectivity index (χ4v) is 14.9. The Morgan fingerprint density at radius 3 is 2.05 bits per heavy atom. The van der Waals surface area contributed by atoms with Gasteiger partial charge in [-0.05, 0) is 165 Å². The van der Waals surface area contributed by atoms with Gasteiger partial charge >= 0.3 is 0 Å². The Bertz CT molecular complexity index is 1170. The van der Waals surface area contributed by atoms with Crippen LogP contribution in [0.2, 0.25) is 0 Å². The maximum absolute atomic E-state index is 13.5. The topological polar surface area (TPSA) is 54.4 Å². The number of ketones is 2. The van der Waals surface area contributed by atoms with E-state index in [9.17, 15) is 14.7 Å². The van der Waals surface area contributed by atoms with Crippen LogP contribution in [0.25, 0.3) is 0 Å². The molecule has 8 rings (SSSR count). The molecule has 0 aromatic heterocycles. The summed E-state index contributed by atoms with van der Waals surface area (Å²) in [5.41, 5.74) is 2.00. The molecule has 0 amide bonds. The number of rotatable bonds is 1. The highest BCUT2D eigenvalue weighted by atomic mass is 16.3. The minimum Gasteiger partial charge on any atom is -0.393 e. The van der Waals surface area contributed by atoms with Crippen LogP contribution in [0.1, 0.15) is 130 Å². The van der Waals surface area contributed by atoms with Gasteiger partial charge in [0.2, 0.25) is 0 Å². The van der Waals surface area contributed by atoms with Crippen molar-refractivity contribution in [1.82, 2.24) is 0 Å². The molecule has 4 unspecified atom stereocenters. The summed E-state index contributed by atoms with van der Waals surface area (Å²) in [5.74, 6) is 6.65. The van der Waals surface area contributed by atoms with Crippen molar-refractivity contribution >= 4 is 11.6 Å². The standard InChI is InChI=1S/C38H56O3/c1-35-18-16-30-25(10-8-22-6-5-7-34(41)38(22,30)4)27(35)12-13-31(35)32-21-24(39)20-23-9-11-26-28-14-15-33(40)36(28,2)19-17-29(26)37(23,32)3/h21-23,25-31,33,40H,5-20H2,1-4H3/t22?,23?,25-,26-,27-,28-,29+,30+,31?,33?,35-,36-,37-,38-/m0/s1. The monoisotopic (exact) mass is 560 g/mol. The second-order valence-corrected chi connectivity index (χ2v) is 17.8. The molecule has 7 saturated carbocycles. The average molecular weight is 561 g/mol. The normalized spacial score (nSPS) is 57.9. The molecule has 0 heterocycles.